The first-order valence-corrected chi connectivity index (χ1v) is 4.61. The first-order chi connectivity index (χ1) is 6.90. The average Bonchev–Trinajstić information content (AvgIpc) is 2.30. The fraction of sp³-hybridized carbons (Fsp3) is 0.0769. The monoisotopic (exact) mass is 180 g/mol. The molecular formula is C13H10N. The summed E-state index contributed by atoms with van der Waals surface area (Å²) < 4.78 is 0. The molecule has 0 saturated heterocycles. The van der Waals surface area contributed by atoms with E-state index in [0.29, 0.717) is 5.56 Å². The lowest BCUT2D eigenvalue weighted by molar-refractivity contribution is 1.27. The van der Waals surface area contributed by atoms with Gasteiger partial charge in [0.25, 0.3) is 0 Å². The molecule has 0 N–H and O–H groups in total. The van der Waals surface area contributed by atoms with Crippen molar-refractivity contribution >= 4 is 5.57 Å². The van der Waals surface area contributed by atoms with Crippen LogP contribution in [-0.2, 0) is 0 Å². The van der Waals surface area contributed by atoms with Crippen molar-refractivity contribution in [3.05, 3.63) is 60.0 Å². The van der Waals surface area contributed by atoms with Gasteiger partial charge in [-0.3, -0.25) is 0 Å². The third kappa shape index (κ3) is 1.75. The van der Waals surface area contributed by atoms with Gasteiger partial charge in [0, 0.05) is 0 Å². The summed E-state index contributed by atoms with van der Waals surface area (Å²) in [6, 6.07) is 9.78. The van der Waals surface area contributed by atoms with E-state index in [-0.39, 0.29) is 0 Å². The van der Waals surface area contributed by atoms with Crippen LogP contribution in [0.25, 0.3) is 5.57 Å². The maximum Gasteiger partial charge on any atom is 0.0991 e. The molecule has 0 aliphatic heterocycles. The van der Waals surface area contributed by atoms with Crippen molar-refractivity contribution in [2.75, 3.05) is 0 Å². The number of hydrogen-bond acceptors (Lipinski definition) is 1. The number of allylic oxidation sites excluding steroid dienone is 4. The number of hydrogen-bond donors (Lipinski definition) is 0. The SMILES string of the molecule is N#Cc1ccc(C2=CC[CH]C=C2)cc1. The molecule has 0 aromatic heterocycles. The third-order valence-electron chi connectivity index (χ3n) is 2.23. The Labute approximate surface area is 84.0 Å². The predicted molar refractivity (Wildman–Crippen MR) is 57.2 cm³/mol. The molecule has 1 aromatic rings. The van der Waals surface area contributed by atoms with Crippen LogP contribution in [-0.4, -0.2) is 0 Å². The molecule has 1 heteroatoms. The number of nitriles is 1. The van der Waals surface area contributed by atoms with Crippen LogP contribution in [0.15, 0.2) is 42.5 Å². The van der Waals surface area contributed by atoms with E-state index in [1.54, 1.807) is 0 Å². The Kier molecular flexibility index (Phi) is 2.46. The highest BCUT2D eigenvalue weighted by Crippen LogP contribution is 2.20. The molecule has 0 heterocycles. The molecule has 1 aliphatic rings. The van der Waals surface area contributed by atoms with Crippen molar-refractivity contribution in [3.63, 3.8) is 0 Å². The van der Waals surface area contributed by atoms with Crippen LogP contribution < -0.4 is 0 Å². The maximum atomic E-state index is 8.66. The summed E-state index contributed by atoms with van der Waals surface area (Å²) in [5, 5.41) is 8.66. The van der Waals surface area contributed by atoms with Gasteiger partial charge in [-0.2, -0.15) is 5.26 Å². The molecule has 0 unspecified atom stereocenters. The summed E-state index contributed by atoms with van der Waals surface area (Å²) in [5.74, 6) is 0. The highest BCUT2D eigenvalue weighted by Gasteiger charge is 2.00. The van der Waals surface area contributed by atoms with Crippen LogP contribution in [0.4, 0.5) is 0 Å². The van der Waals surface area contributed by atoms with E-state index in [4.69, 9.17) is 5.26 Å². The second kappa shape index (κ2) is 3.93. The van der Waals surface area contributed by atoms with Gasteiger partial charge in [-0.15, -0.1) is 0 Å². The molecule has 1 nitrogen and oxygen atoms in total. The normalized spacial score (nSPS) is 14.6. The Hall–Kier alpha value is -1.81. The summed E-state index contributed by atoms with van der Waals surface area (Å²) in [6.45, 7) is 0. The van der Waals surface area contributed by atoms with Gasteiger partial charge >= 0.3 is 0 Å². The Morgan fingerprint density at radius 1 is 1.14 bits per heavy atom. The van der Waals surface area contributed by atoms with E-state index in [1.165, 1.54) is 11.1 Å². The zero-order valence-electron chi connectivity index (χ0n) is 7.77. The Balaban J connectivity index is 2.30. The van der Waals surface area contributed by atoms with Crippen LogP contribution >= 0.6 is 0 Å². The molecule has 0 spiro atoms. The van der Waals surface area contributed by atoms with E-state index in [1.807, 2.05) is 24.3 Å². The minimum Gasteiger partial charge on any atom is -0.192 e. The summed E-state index contributed by atoms with van der Waals surface area (Å²) >= 11 is 0. The summed E-state index contributed by atoms with van der Waals surface area (Å²) in [7, 11) is 0. The van der Waals surface area contributed by atoms with Gasteiger partial charge < -0.3 is 0 Å². The van der Waals surface area contributed by atoms with Crippen LogP contribution in [0.1, 0.15) is 17.5 Å². The average molecular weight is 180 g/mol. The second-order valence-corrected chi connectivity index (χ2v) is 3.18. The Bertz CT molecular complexity index is 416. The van der Waals surface area contributed by atoms with Gasteiger partial charge in [-0.25, -0.2) is 0 Å². The summed E-state index contributed by atoms with van der Waals surface area (Å²) in [5.41, 5.74) is 3.12. The molecule has 67 valence electrons. The molecule has 1 aromatic carbocycles. The summed E-state index contributed by atoms with van der Waals surface area (Å²) in [6.07, 6.45) is 9.44. The van der Waals surface area contributed by atoms with Gasteiger partial charge in [-0.05, 0) is 36.1 Å². The Morgan fingerprint density at radius 3 is 2.50 bits per heavy atom. The van der Waals surface area contributed by atoms with Gasteiger partial charge in [-0.1, -0.05) is 30.4 Å². The van der Waals surface area contributed by atoms with E-state index >= 15 is 0 Å². The highest BCUT2D eigenvalue weighted by atomic mass is 14.2. The van der Waals surface area contributed by atoms with Crippen molar-refractivity contribution in [2.24, 2.45) is 0 Å². The third-order valence-corrected chi connectivity index (χ3v) is 2.23. The number of rotatable bonds is 1. The van der Waals surface area contributed by atoms with Gasteiger partial charge in [0.15, 0.2) is 0 Å². The Morgan fingerprint density at radius 2 is 1.93 bits per heavy atom. The molecule has 0 bridgehead atoms. The molecule has 0 saturated carbocycles. The van der Waals surface area contributed by atoms with E-state index in [9.17, 15) is 0 Å². The van der Waals surface area contributed by atoms with Gasteiger partial charge in [0.05, 0.1) is 11.6 Å². The van der Waals surface area contributed by atoms with Crippen molar-refractivity contribution in [1.82, 2.24) is 0 Å². The number of benzene rings is 1. The molecule has 2 rings (SSSR count). The molecule has 0 fully saturated rings. The van der Waals surface area contributed by atoms with Crippen LogP contribution in [0, 0.1) is 17.8 Å². The van der Waals surface area contributed by atoms with Crippen molar-refractivity contribution in [3.8, 4) is 6.07 Å². The topological polar surface area (TPSA) is 23.8 Å². The molecule has 1 aliphatic carbocycles. The van der Waals surface area contributed by atoms with E-state index in [2.05, 4.69) is 30.7 Å². The molecule has 0 amide bonds. The van der Waals surface area contributed by atoms with Crippen LogP contribution in [0.2, 0.25) is 0 Å². The summed E-state index contributed by atoms with van der Waals surface area (Å²) in [4.78, 5) is 0. The van der Waals surface area contributed by atoms with Gasteiger partial charge in [0.1, 0.15) is 0 Å². The zero-order chi connectivity index (χ0) is 9.80. The lowest BCUT2D eigenvalue weighted by atomic mass is 9.99. The first kappa shape index (κ1) is 8.77. The fourth-order valence-corrected chi connectivity index (χ4v) is 1.46. The molecule has 0 atom stereocenters. The molecular weight excluding hydrogens is 170 g/mol. The minimum absolute atomic E-state index is 0.709. The smallest absolute Gasteiger partial charge is 0.0991 e. The maximum absolute atomic E-state index is 8.66. The van der Waals surface area contributed by atoms with Crippen LogP contribution in [0.5, 0.6) is 0 Å². The quantitative estimate of drug-likeness (QED) is 0.651. The molecule has 14 heavy (non-hydrogen) atoms. The lowest BCUT2D eigenvalue weighted by Crippen LogP contribution is -1.86. The zero-order valence-corrected chi connectivity index (χ0v) is 7.77. The van der Waals surface area contributed by atoms with E-state index < -0.39 is 0 Å². The van der Waals surface area contributed by atoms with Crippen molar-refractivity contribution in [2.45, 2.75) is 6.42 Å². The highest BCUT2D eigenvalue weighted by molar-refractivity contribution is 5.75. The van der Waals surface area contributed by atoms with Crippen LogP contribution in [0.3, 0.4) is 0 Å². The largest absolute Gasteiger partial charge is 0.192 e. The van der Waals surface area contributed by atoms with Crippen molar-refractivity contribution in [1.29, 1.82) is 5.26 Å². The van der Waals surface area contributed by atoms with Gasteiger partial charge in [0.2, 0.25) is 0 Å². The second-order valence-electron chi connectivity index (χ2n) is 3.18. The standard InChI is InChI=1S/C13H10N/c14-10-11-6-8-13(9-7-11)12-4-2-1-3-5-12/h1-2,4-9H,3H2. The predicted octanol–water partition coefficient (Wildman–Crippen LogP) is 3.11. The van der Waals surface area contributed by atoms with Crippen molar-refractivity contribution < 1.29 is 0 Å². The lowest BCUT2D eigenvalue weighted by Gasteiger charge is -2.06. The van der Waals surface area contributed by atoms with E-state index in [0.717, 1.165) is 6.42 Å². The number of nitrogens with zero attached hydrogens (tertiary/aromatic N) is 1. The fourth-order valence-electron chi connectivity index (χ4n) is 1.46. The first-order valence-electron chi connectivity index (χ1n) is 4.61. The molecule has 1 radical (unpaired) electrons. The minimum atomic E-state index is 0.709.